The van der Waals surface area contributed by atoms with Crippen LogP contribution in [0.3, 0.4) is 0 Å². The average molecular weight is 1000 g/mol. The summed E-state index contributed by atoms with van der Waals surface area (Å²) in [5, 5.41) is 63.9. The molecule has 364 valence electrons. The minimum absolute atomic E-state index is 0.0245. The van der Waals surface area contributed by atoms with E-state index in [1.807, 2.05) is 85.4 Å². The number of benzene rings is 7. The number of nitrogens with zero attached hydrogens (tertiary/aromatic N) is 2. The number of rotatable bonds is 13. The Balaban J connectivity index is 0.000000194. The molecule has 2 aliphatic rings. The Labute approximate surface area is 420 Å². The molecule has 0 radical (unpaired) electrons. The van der Waals surface area contributed by atoms with E-state index in [2.05, 4.69) is 37.8 Å². The van der Waals surface area contributed by atoms with Gasteiger partial charge in [0.15, 0.2) is 0 Å². The second-order valence-corrected chi connectivity index (χ2v) is 20.8. The Bertz CT molecular complexity index is 2770. The molecule has 0 spiro atoms. The number of anilines is 2. The Morgan fingerprint density at radius 1 is 0.557 bits per heavy atom. The van der Waals surface area contributed by atoms with E-state index in [4.69, 9.17) is 0 Å². The lowest BCUT2D eigenvalue weighted by atomic mass is 9.93. The summed E-state index contributed by atoms with van der Waals surface area (Å²) in [6.45, 7) is 5.45. The van der Waals surface area contributed by atoms with Gasteiger partial charge in [-0.25, -0.2) is 8.78 Å². The van der Waals surface area contributed by atoms with Crippen molar-refractivity contribution in [3.63, 3.8) is 0 Å². The van der Waals surface area contributed by atoms with E-state index in [0.29, 0.717) is 24.0 Å². The van der Waals surface area contributed by atoms with Crippen LogP contribution in [-0.2, 0) is 0 Å². The van der Waals surface area contributed by atoms with Crippen molar-refractivity contribution in [3.05, 3.63) is 216 Å². The lowest BCUT2D eigenvalue weighted by molar-refractivity contribution is 0.163. The number of phenols is 4. The fraction of sp³-hybridized carbons (Fsp3) is 0.228. The number of hydrogen-bond donors (Lipinski definition) is 6. The van der Waals surface area contributed by atoms with Crippen LogP contribution in [0, 0.1) is 11.6 Å². The normalized spacial score (nSPS) is 18.3. The third-order valence-corrected chi connectivity index (χ3v) is 14.9. The number of aliphatic hydroxyl groups excluding tert-OH is 2. The van der Waals surface area contributed by atoms with Crippen molar-refractivity contribution in [2.75, 3.05) is 21.6 Å². The highest BCUT2D eigenvalue weighted by Crippen LogP contribution is 2.50. The summed E-state index contributed by atoms with van der Waals surface area (Å²) in [4.78, 5) is 4.54. The summed E-state index contributed by atoms with van der Waals surface area (Å²) in [5.41, 5.74) is 6.77. The van der Waals surface area contributed by atoms with Gasteiger partial charge in [-0.05, 0) is 134 Å². The lowest BCUT2D eigenvalue weighted by Crippen LogP contribution is -2.27. The molecule has 2 aliphatic heterocycles. The van der Waals surface area contributed by atoms with Gasteiger partial charge in [-0.3, -0.25) is 0 Å². The predicted octanol–water partition coefficient (Wildman–Crippen LogP) is 13.8. The minimum Gasteiger partial charge on any atom is -0.508 e. The largest absolute Gasteiger partial charge is 0.508 e. The van der Waals surface area contributed by atoms with Crippen LogP contribution in [0.15, 0.2) is 182 Å². The number of aromatic hydroxyl groups is 4. The van der Waals surface area contributed by atoms with E-state index in [9.17, 15) is 39.4 Å². The monoisotopic (exact) mass is 1000 g/mol. The van der Waals surface area contributed by atoms with E-state index in [1.165, 1.54) is 30.3 Å². The van der Waals surface area contributed by atoms with Gasteiger partial charge < -0.3 is 40.4 Å². The molecule has 0 amide bonds. The standard InChI is InChI=1S/C30H28FNO3S.C24H24FNO3S.C3H7P/c31-23-12-9-20(10-13-23)27(34)15-16-29-30(32(19-36-29)24-6-2-1-3-7-24)26-14-11-22(18-28(26)35)21-5-4-8-25(33)17-21;25-17-8-6-16(7-9-17)21(28)12-13-23-24(20-11-10-19(27)14-22(20)29)26(15-30-23)18-4-2-1-3-5-18;1-3(2)4/h1-14,17-18,27,29-30,33-35H,15-16,19H2;1-11,14,21,23-24,27-29H,12-13,15H2;1,4H2,2H3. The van der Waals surface area contributed by atoms with Gasteiger partial charge in [0.25, 0.3) is 0 Å². The molecule has 6 N–H and O–H groups in total. The van der Waals surface area contributed by atoms with E-state index in [0.717, 1.165) is 63.5 Å². The molecule has 0 aliphatic carbocycles. The molecule has 7 aromatic rings. The summed E-state index contributed by atoms with van der Waals surface area (Å²) >= 11 is 3.59. The number of allylic oxidation sites excluding steroid dienone is 1. The second kappa shape index (κ2) is 24.7. The van der Waals surface area contributed by atoms with Gasteiger partial charge in [0.05, 0.1) is 36.0 Å². The quantitative estimate of drug-likeness (QED) is 0.0622. The Morgan fingerprint density at radius 3 is 1.40 bits per heavy atom. The Kier molecular flexibility index (Phi) is 18.3. The van der Waals surface area contributed by atoms with Crippen LogP contribution < -0.4 is 9.80 Å². The summed E-state index contributed by atoms with van der Waals surface area (Å²) in [6.07, 6.45) is 1.15. The van der Waals surface area contributed by atoms with Crippen molar-refractivity contribution in [3.8, 4) is 34.1 Å². The van der Waals surface area contributed by atoms with Crippen LogP contribution >= 0.6 is 32.8 Å². The van der Waals surface area contributed by atoms with Crippen molar-refractivity contribution < 1.29 is 39.4 Å². The number of thioether (sulfide) groups is 2. The zero-order valence-corrected chi connectivity index (χ0v) is 41.6. The molecule has 2 saturated heterocycles. The van der Waals surface area contributed by atoms with E-state index < -0.39 is 12.2 Å². The summed E-state index contributed by atoms with van der Waals surface area (Å²) in [6, 6.07) is 49.3. The van der Waals surface area contributed by atoms with Gasteiger partial charge in [0, 0.05) is 39.1 Å². The van der Waals surface area contributed by atoms with Crippen LogP contribution in [0.2, 0.25) is 0 Å². The van der Waals surface area contributed by atoms with E-state index in [1.54, 1.807) is 72.4 Å². The van der Waals surface area contributed by atoms with E-state index >= 15 is 0 Å². The highest BCUT2D eigenvalue weighted by atomic mass is 32.2. The molecule has 2 fully saturated rings. The predicted molar refractivity (Wildman–Crippen MR) is 287 cm³/mol. The SMILES string of the molecule is C=C(C)P.Oc1ccc(C2C(CCC(O)c3ccc(F)cc3)SCN2c2ccccc2)c(O)c1.Oc1cccc(-c2ccc(C3C(CCC(O)c4ccc(F)cc4)SCN3c3ccccc3)c(O)c2)c1. The third-order valence-electron chi connectivity index (χ3n) is 12.2. The molecule has 0 saturated carbocycles. The molecule has 0 bridgehead atoms. The molecule has 7 aromatic carbocycles. The first-order chi connectivity index (χ1) is 33.7. The maximum atomic E-state index is 13.3. The topological polar surface area (TPSA) is 128 Å². The lowest BCUT2D eigenvalue weighted by Gasteiger charge is -2.30. The number of para-hydroxylation sites is 2. The number of phenolic OH excluding ortho intramolecular Hbond substituents is 4. The summed E-state index contributed by atoms with van der Waals surface area (Å²) in [7, 11) is 2.46. The fourth-order valence-corrected chi connectivity index (χ4v) is 11.7. The van der Waals surface area contributed by atoms with Crippen molar-refractivity contribution in [2.45, 2.75) is 67.4 Å². The molecule has 9 rings (SSSR count). The summed E-state index contributed by atoms with van der Waals surface area (Å²) < 4.78 is 26.5. The van der Waals surface area contributed by atoms with Gasteiger partial charge in [0.1, 0.15) is 34.6 Å². The van der Waals surface area contributed by atoms with Crippen LogP contribution in [0.5, 0.6) is 23.0 Å². The van der Waals surface area contributed by atoms with E-state index in [-0.39, 0.29) is 57.2 Å². The first kappa shape index (κ1) is 51.8. The van der Waals surface area contributed by atoms with Gasteiger partial charge >= 0.3 is 0 Å². The molecular formula is C57H59F2N2O6PS2. The number of aliphatic hydroxyl groups is 2. The third kappa shape index (κ3) is 13.6. The van der Waals surface area contributed by atoms with Gasteiger partial charge in [-0.2, -0.15) is 0 Å². The van der Waals surface area contributed by atoms with Gasteiger partial charge in [0.2, 0.25) is 0 Å². The fourth-order valence-electron chi connectivity index (χ4n) is 8.81. The van der Waals surface area contributed by atoms with Crippen molar-refractivity contribution in [1.82, 2.24) is 0 Å². The first-order valence-corrected chi connectivity index (χ1v) is 25.7. The molecule has 2 heterocycles. The van der Waals surface area contributed by atoms with Crippen molar-refractivity contribution in [1.29, 1.82) is 0 Å². The minimum atomic E-state index is -0.681. The molecule has 0 aromatic heterocycles. The second-order valence-electron chi connectivity index (χ2n) is 17.4. The highest BCUT2D eigenvalue weighted by Gasteiger charge is 2.39. The molecule has 8 nitrogen and oxygen atoms in total. The number of halogens is 2. The zero-order chi connectivity index (χ0) is 49.7. The number of hydrogen-bond acceptors (Lipinski definition) is 10. The molecule has 13 heteroatoms. The van der Waals surface area contributed by atoms with Crippen LogP contribution in [-0.4, -0.2) is 52.9 Å². The van der Waals surface area contributed by atoms with Crippen molar-refractivity contribution >= 4 is 44.1 Å². The molecule has 7 atom stereocenters. The average Bonchev–Trinajstić information content (AvgIpc) is 3.98. The Morgan fingerprint density at radius 2 is 0.971 bits per heavy atom. The molecular weight excluding hydrogens is 942 g/mol. The smallest absolute Gasteiger partial charge is 0.124 e. The first-order valence-electron chi connectivity index (χ1n) is 23.0. The van der Waals surface area contributed by atoms with Crippen LogP contribution in [0.25, 0.3) is 11.1 Å². The maximum absolute atomic E-state index is 13.3. The van der Waals surface area contributed by atoms with Crippen LogP contribution in [0.1, 0.15) is 79.2 Å². The van der Waals surface area contributed by atoms with Crippen LogP contribution in [0.4, 0.5) is 20.2 Å². The molecule has 7 unspecified atom stereocenters. The van der Waals surface area contributed by atoms with Gasteiger partial charge in [-0.15, -0.1) is 32.8 Å². The highest BCUT2D eigenvalue weighted by molar-refractivity contribution is 8.00. The van der Waals surface area contributed by atoms with Crippen molar-refractivity contribution in [2.24, 2.45) is 0 Å². The Hall–Kier alpha value is -6.01. The molecule has 70 heavy (non-hydrogen) atoms. The zero-order valence-electron chi connectivity index (χ0n) is 38.8. The maximum Gasteiger partial charge on any atom is 0.124 e. The summed E-state index contributed by atoms with van der Waals surface area (Å²) in [5.74, 6) is 1.35. The van der Waals surface area contributed by atoms with Gasteiger partial charge in [-0.1, -0.05) is 96.8 Å².